The van der Waals surface area contributed by atoms with Gasteiger partial charge in [0.1, 0.15) is 5.75 Å². The number of carboxylic acids is 1. The van der Waals surface area contributed by atoms with Crippen molar-refractivity contribution in [1.82, 2.24) is 4.90 Å². The van der Waals surface area contributed by atoms with Gasteiger partial charge in [-0.05, 0) is 38.0 Å². The number of likely N-dealkylation sites (tertiary alicyclic amines) is 1. The van der Waals surface area contributed by atoms with Crippen molar-refractivity contribution in [3.63, 3.8) is 0 Å². The molecule has 1 amide bonds. The Morgan fingerprint density at radius 1 is 1.40 bits per heavy atom. The molecular formula is C14H16ClNO4. The molecule has 1 unspecified atom stereocenters. The average molecular weight is 298 g/mol. The number of phenols is 1. The first-order valence-electron chi connectivity index (χ1n) is 6.35. The van der Waals surface area contributed by atoms with E-state index in [1.54, 1.807) is 6.92 Å². The standard InChI is InChI=1S/C14H16ClNO4/c1-14(13(19)20)5-2-6-16(8-14)12(18)10-7-9(15)3-4-11(10)17/h3-4,7,17H,2,5-6,8H2,1H3,(H,19,20). The third-order valence-electron chi connectivity index (χ3n) is 3.69. The molecule has 108 valence electrons. The molecule has 5 nitrogen and oxygen atoms in total. The first-order chi connectivity index (χ1) is 9.33. The van der Waals surface area contributed by atoms with Gasteiger partial charge in [-0.15, -0.1) is 0 Å². The van der Waals surface area contributed by atoms with Crippen LogP contribution in [-0.4, -0.2) is 40.1 Å². The van der Waals surface area contributed by atoms with Gasteiger partial charge in [0.25, 0.3) is 5.91 Å². The summed E-state index contributed by atoms with van der Waals surface area (Å²) in [5.74, 6) is -1.45. The number of carboxylic acid groups (broad SMARTS) is 1. The number of carbonyl (C=O) groups is 2. The topological polar surface area (TPSA) is 77.8 Å². The first-order valence-corrected chi connectivity index (χ1v) is 6.72. The summed E-state index contributed by atoms with van der Waals surface area (Å²) in [5.41, 5.74) is -0.839. The molecule has 1 saturated heterocycles. The molecule has 20 heavy (non-hydrogen) atoms. The monoisotopic (exact) mass is 297 g/mol. The van der Waals surface area contributed by atoms with E-state index >= 15 is 0 Å². The van der Waals surface area contributed by atoms with Crippen LogP contribution in [0.4, 0.5) is 0 Å². The highest BCUT2D eigenvalue weighted by Crippen LogP contribution is 2.32. The van der Waals surface area contributed by atoms with Gasteiger partial charge in [0, 0.05) is 18.1 Å². The number of amides is 1. The molecule has 2 N–H and O–H groups in total. The molecule has 0 radical (unpaired) electrons. The van der Waals surface area contributed by atoms with E-state index in [0.29, 0.717) is 24.4 Å². The molecule has 1 aromatic carbocycles. The SMILES string of the molecule is CC1(C(=O)O)CCCN(C(=O)c2cc(Cl)ccc2O)C1. The summed E-state index contributed by atoms with van der Waals surface area (Å²) < 4.78 is 0. The van der Waals surface area contributed by atoms with Crippen molar-refractivity contribution in [2.24, 2.45) is 5.41 Å². The molecule has 1 atom stereocenters. The number of halogens is 1. The lowest BCUT2D eigenvalue weighted by atomic mass is 9.82. The van der Waals surface area contributed by atoms with Crippen LogP contribution in [0.3, 0.4) is 0 Å². The van der Waals surface area contributed by atoms with Crippen LogP contribution in [0.1, 0.15) is 30.1 Å². The van der Waals surface area contributed by atoms with E-state index in [2.05, 4.69) is 0 Å². The minimum Gasteiger partial charge on any atom is -0.507 e. The van der Waals surface area contributed by atoms with E-state index in [0.717, 1.165) is 0 Å². The molecule has 2 rings (SSSR count). The van der Waals surface area contributed by atoms with Gasteiger partial charge in [0.15, 0.2) is 0 Å². The van der Waals surface area contributed by atoms with Gasteiger partial charge in [-0.1, -0.05) is 11.6 Å². The van der Waals surface area contributed by atoms with E-state index in [-0.39, 0.29) is 17.9 Å². The summed E-state index contributed by atoms with van der Waals surface area (Å²) in [7, 11) is 0. The van der Waals surface area contributed by atoms with Crippen LogP contribution >= 0.6 is 11.6 Å². The van der Waals surface area contributed by atoms with E-state index in [1.165, 1.54) is 23.1 Å². The number of benzene rings is 1. The summed E-state index contributed by atoms with van der Waals surface area (Å²) in [5, 5.41) is 19.4. The summed E-state index contributed by atoms with van der Waals surface area (Å²) >= 11 is 5.83. The van der Waals surface area contributed by atoms with Gasteiger partial charge in [-0.25, -0.2) is 0 Å². The molecule has 0 bridgehead atoms. The van der Waals surface area contributed by atoms with Gasteiger partial charge in [0.2, 0.25) is 0 Å². The molecular weight excluding hydrogens is 282 g/mol. The lowest BCUT2D eigenvalue weighted by Gasteiger charge is -2.37. The van der Waals surface area contributed by atoms with Crippen molar-refractivity contribution in [3.8, 4) is 5.75 Å². The molecule has 0 aliphatic carbocycles. The average Bonchev–Trinajstić information content (AvgIpc) is 2.40. The fraction of sp³-hybridized carbons (Fsp3) is 0.429. The van der Waals surface area contributed by atoms with Crippen LogP contribution in [0.2, 0.25) is 5.02 Å². The molecule has 1 aromatic rings. The second-order valence-corrected chi connectivity index (χ2v) is 5.79. The second-order valence-electron chi connectivity index (χ2n) is 5.36. The fourth-order valence-corrected chi connectivity index (χ4v) is 2.61. The zero-order chi connectivity index (χ0) is 14.9. The summed E-state index contributed by atoms with van der Waals surface area (Å²) in [6, 6.07) is 4.24. The Morgan fingerprint density at radius 2 is 2.10 bits per heavy atom. The minimum atomic E-state index is -0.942. The van der Waals surface area contributed by atoms with Crippen molar-refractivity contribution >= 4 is 23.5 Å². The van der Waals surface area contributed by atoms with Crippen LogP contribution in [-0.2, 0) is 4.79 Å². The highest BCUT2D eigenvalue weighted by molar-refractivity contribution is 6.31. The van der Waals surface area contributed by atoms with E-state index < -0.39 is 17.3 Å². The largest absolute Gasteiger partial charge is 0.507 e. The molecule has 0 saturated carbocycles. The Hall–Kier alpha value is -1.75. The van der Waals surface area contributed by atoms with Gasteiger partial charge < -0.3 is 15.1 Å². The Bertz CT molecular complexity index is 560. The van der Waals surface area contributed by atoms with E-state index in [9.17, 15) is 19.8 Å². The predicted molar refractivity (Wildman–Crippen MR) is 74.0 cm³/mol. The van der Waals surface area contributed by atoms with Crippen molar-refractivity contribution in [3.05, 3.63) is 28.8 Å². The zero-order valence-electron chi connectivity index (χ0n) is 11.1. The highest BCUT2D eigenvalue weighted by atomic mass is 35.5. The molecule has 1 heterocycles. The molecule has 1 aliphatic rings. The molecule has 0 aromatic heterocycles. The molecule has 0 spiro atoms. The maximum Gasteiger partial charge on any atom is 0.311 e. The molecule has 6 heteroatoms. The van der Waals surface area contributed by atoms with Crippen LogP contribution in [0.5, 0.6) is 5.75 Å². The Balaban J connectivity index is 2.25. The number of piperidine rings is 1. The van der Waals surface area contributed by atoms with Crippen LogP contribution in [0.15, 0.2) is 18.2 Å². The second kappa shape index (κ2) is 5.32. The lowest BCUT2D eigenvalue weighted by Crippen LogP contribution is -2.48. The smallest absolute Gasteiger partial charge is 0.311 e. The summed E-state index contributed by atoms with van der Waals surface area (Å²) in [4.78, 5) is 25.2. The van der Waals surface area contributed by atoms with Crippen molar-refractivity contribution in [1.29, 1.82) is 0 Å². The summed E-state index contributed by atoms with van der Waals surface area (Å²) in [6.07, 6.45) is 1.16. The molecule has 1 fully saturated rings. The van der Waals surface area contributed by atoms with Gasteiger partial charge in [0.05, 0.1) is 11.0 Å². The van der Waals surface area contributed by atoms with E-state index in [1.807, 2.05) is 0 Å². The number of phenolic OH excluding ortho intramolecular Hbond substituents is 1. The summed E-state index contributed by atoms with van der Waals surface area (Å²) in [6.45, 7) is 2.24. The Morgan fingerprint density at radius 3 is 2.75 bits per heavy atom. The number of carbonyl (C=O) groups excluding carboxylic acids is 1. The quantitative estimate of drug-likeness (QED) is 0.878. The van der Waals surface area contributed by atoms with Crippen LogP contribution in [0, 0.1) is 5.41 Å². The third kappa shape index (κ3) is 2.72. The third-order valence-corrected chi connectivity index (χ3v) is 3.92. The maximum atomic E-state index is 12.4. The predicted octanol–water partition coefficient (Wildman–Crippen LogP) is 2.37. The lowest BCUT2D eigenvalue weighted by molar-refractivity contribution is -0.150. The zero-order valence-corrected chi connectivity index (χ0v) is 11.9. The maximum absolute atomic E-state index is 12.4. The number of nitrogens with zero attached hydrogens (tertiary/aromatic N) is 1. The Kier molecular flexibility index (Phi) is 3.90. The number of hydrogen-bond donors (Lipinski definition) is 2. The highest BCUT2D eigenvalue weighted by Gasteiger charge is 2.39. The van der Waals surface area contributed by atoms with Gasteiger partial charge in [-0.3, -0.25) is 9.59 Å². The Labute approximate surface area is 121 Å². The minimum absolute atomic E-state index is 0.104. The number of rotatable bonds is 2. The number of aliphatic carboxylic acids is 1. The normalized spacial score (nSPS) is 22.6. The molecule has 1 aliphatic heterocycles. The van der Waals surface area contributed by atoms with Crippen molar-refractivity contribution in [2.75, 3.05) is 13.1 Å². The number of hydrogen-bond acceptors (Lipinski definition) is 3. The van der Waals surface area contributed by atoms with Crippen molar-refractivity contribution < 1.29 is 19.8 Å². The fourth-order valence-electron chi connectivity index (χ4n) is 2.44. The number of aromatic hydroxyl groups is 1. The van der Waals surface area contributed by atoms with Gasteiger partial charge >= 0.3 is 5.97 Å². The van der Waals surface area contributed by atoms with Gasteiger partial charge in [-0.2, -0.15) is 0 Å². The van der Waals surface area contributed by atoms with E-state index in [4.69, 9.17) is 11.6 Å². The van der Waals surface area contributed by atoms with Crippen LogP contribution in [0.25, 0.3) is 0 Å². The first kappa shape index (κ1) is 14.7. The van der Waals surface area contributed by atoms with Crippen LogP contribution < -0.4 is 0 Å². The van der Waals surface area contributed by atoms with Crippen molar-refractivity contribution in [2.45, 2.75) is 19.8 Å².